The second kappa shape index (κ2) is 7.97. The number of nitrogens with one attached hydrogen (secondary N) is 1. The molecule has 26 heavy (non-hydrogen) atoms. The molecule has 0 saturated heterocycles. The average molecular weight is 396 g/mol. The fourth-order valence-corrected chi connectivity index (χ4v) is 4.38. The summed E-state index contributed by atoms with van der Waals surface area (Å²) >= 11 is 5.92. The van der Waals surface area contributed by atoms with E-state index in [-0.39, 0.29) is 34.8 Å². The molecule has 0 aromatic heterocycles. The van der Waals surface area contributed by atoms with Crippen molar-refractivity contribution in [2.45, 2.75) is 17.7 Å². The molecule has 0 unspecified atom stereocenters. The molecule has 138 valence electrons. The number of amides is 1. The highest BCUT2D eigenvalue weighted by molar-refractivity contribution is 7.91. The third kappa shape index (κ3) is 4.47. The quantitative estimate of drug-likeness (QED) is 0.779. The lowest BCUT2D eigenvalue weighted by Crippen LogP contribution is -2.27. The first-order valence-electron chi connectivity index (χ1n) is 8.08. The van der Waals surface area contributed by atoms with Crippen molar-refractivity contribution in [3.8, 4) is 11.5 Å². The van der Waals surface area contributed by atoms with Crippen LogP contribution in [0.3, 0.4) is 0 Å². The van der Waals surface area contributed by atoms with Gasteiger partial charge in [0.2, 0.25) is 12.7 Å². The maximum Gasteiger partial charge on any atom is 0.231 e. The van der Waals surface area contributed by atoms with E-state index in [4.69, 9.17) is 21.1 Å². The molecule has 1 aliphatic rings. The van der Waals surface area contributed by atoms with E-state index < -0.39 is 9.84 Å². The number of hydrogen-bond acceptors (Lipinski definition) is 5. The zero-order valence-corrected chi connectivity index (χ0v) is 15.5. The van der Waals surface area contributed by atoms with Gasteiger partial charge in [-0.1, -0.05) is 29.8 Å². The highest BCUT2D eigenvalue weighted by atomic mass is 35.5. The number of hydrogen-bond donors (Lipinski definition) is 1. The number of sulfone groups is 1. The molecule has 1 heterocycles. The topological polar surface area (TPSA) is 81.7 Å². The molecule has 0 bridgehead atoms. The smallest absolute Gasteiger partial charge is 0.231 e. The van der Waals surface area contributed by atoms with Crippen LogP contribution in [0, 0.1) is 0 Å². The van der Waals surface area contributed by atoms with Crippen LogP contribution in [-0.4, -0.2) is 33.4 Å². The fourth-order valence-electron chi connectivity index (χ4n) is 2.57. The van der Waals surface area contributed by atoms with Crippen LogP contribution in [-0.2, 0) is 21.1 Å². The monoisotopic (exact) mass is 395 g/mol. The molecule has 2 aromatic rings. The predicted octanol–water partition coefficient (Wildman–Crippen LogP) is 2.59. The minimum Gasteiger partial charge on any atom is -0.454 e. The van der Waals surface area contributed by atoms with Crippen molar-refractivity contribution in [1.29, 1.82) is 0 Å². The predicted molar refractivity (Wildman–Crippen MR) is 97.4 cm³/mol. The van der Waals surface area contributed by atoms with Gasteiger partial charge in [-0.3, -0.25) is 4.79 Å². The van der Waals surface area contributed by atoms with Crippen molar-refractivity contribution in [2.24, 2.45) is 0 Å². The summed E-state index contributed by atoms with van der Waals surface area (Å²) in [5, 5.41) is 2.89. The molecule has 0 spiro atoms. The van der Waals surface area contributed by atoms with Gasteiger partial charge in [0, 0.05) is 13.0 Å². The Bertz CT molecular complexity index is 914. The van der Waals surface area contributed by atoms with Crippen LogP contribution in [0.15, 0.2) is 47.4 Å². The van der Waals surface area contributed by atoms with Crippen molar-refractivity contribution < 1.29 is 22.7 Å². The number of carbonyl (C=O) groups excluding carboxylic acids is 1. The molecule has 0 aliphatic carbocycles. The van der Waals surface area contributed by atoms with E-state index in [1.54, 1.807) is 12.1 Å². The lowest BCUT2D eigenvalue weighted by Gasteiger charge is -2.08. The van der Waals surface area contributed by atoms with Gasteiger partial charge in [-0.15, -0.1) is 0 Å². The number of fused-ring (bicyclic) bond motifs is 1. The van der Waals surface area contributed by atoms with Crippen molar-refractivity contribution in [3.63, 3.8) is 0 Å². The van der Waals surface area contributed by atoms with E-state index in [1.807, 2.05) is 18.2 Å². The Kier molecular flexibility index (Phi) is 5.68. The maximum absolute atomic E-state index is 12.3. The Morgan fingerprint density at radius 3 is 2.69 bits per heavy atom. The maximum atomic E-state index is 12.3. The lowest BCUT2D eigenvalue weighted by molar-refractivity contribution is -0.120. The first-order chi connectivity index (χ1) is 12.5. The molecule has 0 fully saturated rings. The van der Waals surface area contributed by atoms with Crippen LogP contribution >= 0.6 is 11.6 Å². The first kappa shape index (κ1) is 18.5. The summed E-state index contributed by atoms with van der Waals surface area (Å²) < 4.78 is 35.1. The standard InChI is InChI=1S/C18H18ClNO5S/c19-14-3-1-2-4-17(14)26(22,23)10-8-18(21)20-9-7-13-5-6-15-16(11-13)25-12-24-15/h1-6,11H,7-10,12H2,(H,20,21). The Morgan fingerprint density at radius 2 is 1.88 bits per heavy atom. The van der Waals surface area contributed by atoms with Crippen molar-refractivity contribution in [3.05, 3.63) is 53.1 Å². The molecule has 2 aromatic carbocycles. The molecule has 0 saturated carbocycles. The minimum absolute atomic E-state index is 0.0508. The second-order valence-corrected chi connectivity index (χ2v) is 8.27. The average Bonchev–Trinajstić information content (AvgIpc) is 3.08. The van der Waals surface area contributed by atoms with Crippen molar-refractivity contribution >= 4 is 27.3 Å². The number of carbonyl (C=O) groups is 1. The van der Waals surface area contributed by atoms with Crippen LogP contribution in [0.25, 0.3) is 0 Å². The molecule has 0 radical (unpaired) electrons. The van der Waals surface area contributed by atoms with Gasteiger partial charge in [-0.05, 0) is 36.2 Å². The summed E-state index contributed by atoms with van der Waals surface area (Å²) in [6.45, 7) is 0.625. The van der Waals surface area contributed by atoms with Crippen LogP contribution < -0.4 is 14.8 Å². The van der Waals surface area contributed by atoms with Gasteiger partial charge < -0.3 is 14.8 Å². The molecule has 3 rings (SSSR count). The highest BCUT2D eigenvalue weighted by Crippen LogP contribution is 2.32. The Hall–Kier alpha value is -2.25. The highest BCUT2D eigenvalue weighted by Gasteiger charge is 2.19. The lowest BCUT2D eigenvalue weighted by atomic mass is 10.1. The first-order valence-corrected chi connectivity index (χ1v) is 10.1. The zero-order valence-electron chi connectivity index (χ0n) is 13.9. The fraction of sp³-hybridized carbons (Fsp3) is 0.278. The Balaban J connectivity index is 1.46. The van der Waals surface area contributed by atoms with Crippen molar-refractivity contribution in [2.75, 3.05) is 19.1 Å². The van der Waals surface area contributed by atoms with Crippen LogP contribution in [0.1, 0.15) is 12.0 Å². The molecule has 8 heteroatoms. The number of benzene rings is 2. The molecular formula is C18H18ClNO5S. The summed E-state index contributed by atoms with van der Waals surface area (Å²) in [6, 6.07) is 11.8. The summed E-state index contributed by atoms with van der Waals surface area (Å²) in [6.07, 6.45) is 0.494. The molecule has 1 N–H and O–H groups in total. The van der Waals surface area contributed by atoms with E-state index in [0.29, 0.717) is 24.5 Å². The third-order valence-corrected chi connectivity index (χ3v) is 6.15. The van der Waals surface area contributed by atoms with Gasteiger partial charge in [0.25, 0.3) is 0 Å². The second-order valence-electron chi connectivity index (χ2n) is 5.79. The summed E-state index contributed by atoms with van der Waals surface area (Å²) in [7, 11) is -3.59. The number of halogens is 1. The normalized spacial score (nSPS) is 12.8. The van der Waals surface area contributed by atoms with E-state index in [0.717, 1.165) is 5.56 Å². The number of ether oxygens (including phenoxy) is 2. The summed E-state index contributed by atoms with van der Waals surface area (Å²) in [5.74, 6) is 0.802. The van der Waals surface area contributed by atoms with E-state index >= 15 is 0 Å². The van der Waals surface area contributed by atoms with Gasteiger partial charge in [0.15, 0.2) is 21.3 Å². The van der Waals surface area contributed by atoms with E-state index in [2.05, 4.69) is 5.32 Å². The SMILES string of the molecule is O=C(CCS(=O)(=O)c1ccccc1Cl)NCCc1ccc2c(c1)OCO2. The molecule has 0 atom stereocenters. The Labute approximate surface area is 157 Å². The third-order valence-electron chi connectivity index (χ3n) is 3.94. The minimum atomic E-state index is -3.59. The summed E-state index contributed by atoms with van der Waals surface area (Å²) in [4.78, 5) is 12.0. The van der Waals surface area contributed by atoms with Crippen LogP contribution in [0.2, 0.25) is 5.02 Å². The van der Waals surface area contributed by atoms with Gasteiger partial charge in [-0.25, -0.2) is 8.42 Å². The van der Waals surface area contributed by atoms with Crippen molar-refractivity contribution in [1.82, 2.24) is 5.32 Å². The Morgan fingerprint density at radius 1 is 1.12 bits per heavy atom. The van der Waals surface area contributed by atoms with Crippen LogP contribution in [0.5, 0.6) is 11.5 Å². The van der Waals surface area contributed by atoms with E-state index in [9.17, 15) is 13.2 Å². The zero-order chi connectivity index (χ0) is 18.6. The summed E-state index contributed by atoms with van der Waals surface area (Å²) in [5.41, 5.74) is 0.998. The van der Waals surface area contributed by atoms with E-state index in [1.165, 1.54) is 12.1 Å². The number of rotatable bonds is 7. The van der Waals surface area contributed by atoms with Crippen LogP contribution in [0.4, 0.5) is 0 Å². The van der Waals surface area contributed by atoms with Gasteiger partial charge in [0.1, 0.15) is 0 Å². The molecule has 1 aliphatic heterocycles. The van der Waals surface area contributed by atoms with Gasteiger partial charge >= 0.3 is 0 Å². The van der Waals surface area contributed by atoms with Gasteiger partial charge in [-0.2, -0.15) is 0 Å². The molecule has 6 nitrogen and oxygen atoms in total. The largest absolute Gasteiger partial charge is 0.454 e. The van der Waals surface area contributed by atoms with Gasteiger partial charge in [0.05, 0.1) is 15.7 Å². The molecule has 1 amide bonds. The molecular weight excluding hydrogens is 378 g/mol.